The molecule has 0 amide bonds. The van der Waals surface area contributed by atoms with E-state index in [4.69, 9.17) is 0 Å². The van der Waals surface area contributed by atoms with Gasteiger partial charge in [0.2, 0.25) is 0 Å². The lowest BCUT2D eigenvalue weighted by Gasteiger charge is -2.02. The predicted octanol–water partition coefficient (Wildman–Crippen LogP) is 1.30. The standard InChI is InChI=1S/C7H13NO/c1-5(2)7(8-4)6(3)9/h5H,1-4H3. The van der Waals surface area contributed by atoms with Crippen molar-refractivity contribution in [2.24, 2.45) is 10.9 Å². The van der Waals surface area contributed by atoms with E-state index in [1.807, 2.05) is 13.8 Å². The largest absolute Gasteiger partial charge is 0.293 e. The van der Waals surface area contributed by atoms with Gasteiger partial charge in [-0.1, -0.05) is 13.8 Å². The minimum atomic E-state index is 0.0764. The number of ketones is 1. The molecule has 0 fully saturated rings. The monoisotopic (exact) mass is 127 g/mol. The van der Waals surface area contributed by atoms with Crippen LogP contribution in [0.1, 0.15) is 20.8 Å². The lowest BCUT2D eigenvalue weighted by molar-refractivity contribution is -0.111. The van der Waals surface area contributed by atoms with Crippen molar-refractivity contribution in [1.29, 1.82) is 0 Å². The number of nitrogens with zero attached hydrogens (tertiary/aromatic N) is 1. The second kappa shape index (κ2) is 3.38. The molecule has 0 radical (unpaired) electrons. The van der Waals surface area contributed by atoms with E-state index in [9.17, 15) is 4.79 Å². The number of aliphatic imine (C=N–C) groups is 1. The van der Waals surface area contributed by atoms with Crippen LogP contribution in [0.15, 0.2) is 4.99 Å². The van der Waals surface area contributed by atoms with Crippen molar-refractivity contribution >= 4 is 11.5 Å². The second-order valence-corrected chi connectivity index (χ2v) is 2.32. The van der Waals surface area contributed by atoms with E-state index in [0.29, 0.717) is 5.71 Å². The average Bonchev–Trinajstić information content (AvgIpc) is 1.64. The summed E-state index contributed by atoms with van der Waals surface area (Å²) in [5.41, 5.74) is 0.676. The van der Waals surface area contributed by atoms with E-state index in [1.54, 1.807) is 14.0 Å². The normalized spacial score (nSPS) is 12.3. The summed E-state index contributed by atoms with van der Waals surface area (Å²) in [6.45, 7) is 5.47. The molecule has 0 bridgehead atoms. The topological polar surface area (TPSA) is 29.4 Å². The zero-order valence-electron chi connectivity index (χ0n) is 6.43. The minimum Gasteiger partial charge on any atom is -0.293 e. The molecule has 2 nitrogen and oxygen atoms in total. The van der Waals surface area contributed by atoms with Gasteiger partial charge in [-0.15, -0.1) is 0 Å². The van der Waals surface area contributed by atoms with Gasteiger partial charge in [-0.25, -0.2) is 0 Å². The van der Waals surface area contributed by atoms with E-state index in [1.165, 1.54) is 0 Å². The van der Waals surface area contributed by atoms with Crippen molar-refractivity contribution in [3.8, 4) is 0 Å². The van der Waals surface area contributed by atoms with Gasteiger partial charge >= 0.3 is 0 Å². The molecule has 0 spiro atoms. The molecule has 0 aliphatic carbocycles. The summed E-state index contributed by atoms with van der Waals surface area (Å²) in [5.74, 6) is 0.333. The van der Waals surface area contributed by atoms with Gasteiger partial charge in [-0.05, 0) is 5.92 Å². The van der Waals surface area contributed by atoms with E-state index < -0.39 is 0 Å². The Kier molecular flexibility index (Phi) is 3.13. The Morgan fingerprint density at radius 3 is 1.89 bits per heavy atom. The first-order chi connectivity index (χ1) is 4.09. The van der Waals surface area contributed by atoms with Crippen LogP contribution in [0.5, 0.6) is 0 Å². The first-order valence-corrected chi connectivity index (χ1v) is 3.07. The molecule has 2 heteroatoms. The smallest absolute Gasteiger partial charge is 0.173 e. The fourth-order valence-electron chi connectivity index (χ4n) is 0.822. The molecule has 0 saturated carbocycles. The van der Waals surface area contributed by atoms with Gasteiger partial charge in [0.1, 0.15) is 0 Å². The van der Waals surface area contributed by atoms with Crippen LogP contribution in [-0.2, 0) is 4.79 Å². The third-order valence-corrected chi connectivity index (χ3v) is 1.15. The van der Waals surface area contributed by atoms with Gasteiger partial charge in [0.25, 0.3) is 0 Å². The number of hydrogen-bond acceptors (Lipinski definition) is 2. The third-order valence-electron chi connectivity index (χ3n) is 1.15. The highest BCUT2D eigenvalue weighted by atomic mass is 16.1. The van der Waals surface area contributed by atoms with Crippen LogP contribution in [0.4, 0.5) is 0 Å². The highest BCUT2D eigenvalue weighted by Crippen LogP contribution is 1.96. The summed E-state index contributed by atoms with van der Waals surface area (Å²) in [4.78, 5) is 14.5. The molecule has 0 heterocycles. The Morgan fingerprint density at radius 1 is 1.44 bits per heavy atom. The molecule has 0 aliphatic heterocycles. The number of carbonyl (C=O) groups excluding carboxylic acids is 1. The zero-order chi connectivity index (χ0) is 7.44. The Morgan fingerprint density at radius 2 is 1.89 bits per heavy atom. The quantitative estimate of drug-likeness (QED) is 0.514. The first kappa shape index (κ1) is 8.34. The van der Waals surface area contributed by atoms with Crippen molar-refractivity contribution in [2.75, 3.05) is 7.05 Å². The minimum absolute atomic E-state index is 0.0764. The van der Waals surface area contributed by atoms with Gasteiger partial charge in [-0.2, -0.15) is 0 Å². The summed E-state index contributed by atoms with van der Waals surface area (Å²) in [6.07, 6.45) is 0. The molecule has 9 heavy (non-hydrogen) atoms. The van der Waals surface area contributed by atoms with E-state index in [0.717, 1.165) is 0 Å². The molecule has 0 atom stereocenters. The Bertz CT molecular complexity index is 136. The number of carbonyl (C=O) groups is 1. The third kappa shape index (κ3) is 2.40. The van der Waals surface area contributed by atoms with Gasteiger partial charge in [-0.3, -0.25) is 9.79 Å². The van der Waals surface area contributed by atoms with Crippen LogP contribution in [0.3, 0.4) is 0 Å². The van der Waals surface area contributed by atoms with Crippen LogP contribution in [0.25, 0.3) is 0 Å². The summed E-state index contributed by atoms with van der Waals surface area (Å²) in [5, 5.41) is 0. The summed E-state index contributed by atoms with van der Waals surface area (Å²) in [6, 6.07) is 0. The van der Waals surface area contributed by atoms with Crippen molar-refractivity contribution < 1.29 is 4.79 Å². The predicted molar refractivity (Wildman–Crippen MR) is 38.9 cm³/mol. The molecule has 0 aromatic rings. The Hall–Kier alpha value is -0.660. The number of hydrogen-bond donors (Lipinski definition) is 0. The van der Waals surface area contributed by atoms with Gasteiger partial charge in [0, 0.05) is 14.0 Å². The Labute approximate surface area is 56.0 Å². The molecule has 0 unspecified atom stereocenters. The molecule has 0 aromatic carbocycles. The molecule has 0 rings (SSSR count). The lowest BCUT2D eigenvalue weighted by Crippen LogP contribution is -2.16. The maximum atomic E-state index is 10.7. The lowest BCUT2D eigenvalue weighted by atomic mass is 10.1. The maximum absolute atomic E-state index is 10.7. The molecule has 0 aliphatic rings. The number of rotatable bonds is 2. The SMILES string of the molecule is CN=C(C(C)=O)C(C)C. The summed E-state index contributed by atoms with van der Waals surface area (Å²) < 4.78 is 0. The van der Waals surface area contributed by atoms with E-state index in [2.05, 4.69) is 4.99 Å². The zero-order valence-corrected chi connectivity index (χ0v) is 6.43. The van der Waals surface area contributed by atoms with Crippen molar-refractivity contribution in [3.05, 3.63) is 0 Å². The molecular weight excluding hydrogens is 114 g/mol. The molecule has 0 aromatic heterocycles. The van der Waals surface area contributed by atoms with Gasteiger partial charge in [0.05, 0.1) is 5.71 Å². The van der Waals surface area contributed by atoms with E-state index >= 15 is 0 Å². The van der Waals surface area contributed by atoms with Crippen molar-refractivity contribution in [2.45, 2.75) is 20.8 Å². The van der Waals surface area contributed by atoms with Crippen LogP contribution >= 0.6 is 0 Å². The number of Topliss-reactive ketones (excluding diaryl/α,β-unsaturated/α-hetero) is 1. The fraction of sp³-hybridized carbons (Fsp3) is 0.714. The summed E-state index contributed by atoms with van der Waals surface area (Å²) >= 11 is 0. The van der Waals surface area contributed by atoms with Crippen molar-refractivity contribution in [3.63, 3.8) is 0 Å². The molecular formula is C7H13NO. The Balaban J connectivity index is 4.19. The van der Waals surface area contributed by atoms with Crippen LogP contribution in [0, 0.1) is 5.92 Å². The van der Waals surface area contributed by atoms with E-state index in [-0.39, 0.29) is 11.7 Å². The maximum Gasteiger partial charge on any atom is 0.173 e. The molecule has 0 N–H and O–H groups in total. The molecule has 0 saturated heterocycles. The highest BCUT2D eigenvalue weighted by molar-refractivity contribution is 6.39. The fourth-order valence-corrected chi connectivity index (χ4v) is 0.822. The van der Waals surface area contributed by atoms with Gasteiger partial charge < -0.3 is 0 Å². The van der Waals surface area contributed by atoms with Gasteiger partial charge in [0.15, 0.2) is 5.78 Å². The van der Waals surface area contributed by atoms with Crippen LogP contribution in [0.2, 0.25) is 0 Å². The van der Waals surface area contributed by atoms with Crippen LogP contribution in [-0.4, -0.2) is 18.5 Å². The average molecular weight is 127 g/mol. The first-order valence-electron chi connectivity index (χ1n) is 3.07. The van der Waals surface area contributed by atoms with Crippen LogP contribution < -0.4 is 0 Å². The summed E-state index contributed by atoms with van der Waals surface area (Å²) in [7, 11) is 1.65. The van der Waals surface area contributed by atoms with Crippen molar-refractivity contribution in [1.82, 2.24) is 0 Å². The second-order valence-electron chi connectivity index (χ2n) is 2.32. The molecule has 52 valence electrons. The highest BCUT2D eigenvalue weighted by Gasteiger charge is 2.07.